The fourth-order valence-electron chi connectivity index (χ4n) is 2.75. The molecule has 19 heavy (non-hydrogen) atoms. The lowest BCUT2D eigenvalue weighted by molar-refractivity contribution is -0.133. The van der Waals surface area contributed by atoms with Crippen molar-refractivity contribution in [2.75, 3.05) is 13.1 Å². The van der Waals surface area contributed by atoms with Crippen molar-refractivity contribution >= 4 is 5.91 Å². The molecule has 0 spiro atoms. The Balaban J connectivity index is 2.37. The molecule has 0 aromatic rings. The summed E-state index contributed by atoms with van der Waals surface area (Å²) in [6, 6.07) is 0.959. The molecule has 112 valence electrons. The van der Waals surface area contributed by atoms with Gasteiger partial charge in [0.1, 0.15) is 0 Å². The Morgan fingerprint density at radius 1 is 1.37 bits per heavy atom. The molecule has 0 radical (unpaired) electrons. The molecule has 1 N–H and O–H groups in total. The summed E-state index contributed by atoms with van der Waals surface area (Å²) in [4.78, 5) is 14.5. The van der Waals surface area contributed by atoms with Gasteiger partial charge in [-0.15, -0.1) is 0 Å². The molecule has 0 aromatic heterocycles. The maximum Gasteiger partial charge on any atom is 0.222 e. The van der Waals surface area contributed by atoms with Gasteiger partial charge in [0.15, 0.2) is 0 Å². The van der Waals surface area contributed by atoms with Gasteiger partial charge in [-0.3, -0.25) is 4.79 Å². The summed E-state index contributed by atoms with van der Waals surface area (Å²) in [5.41, 5.74) is 0. The third-order valence-electron chi connectivity index (χ3n) is 4.31. The van der Waals surface area contributed by atoms with Crippen LogP contribution in [0.25, 0.3) is 0 Å². The van der Waals surface area contributed by atoms with Crippen molar-refractivity contribution < 1.29 is 4.79 Å². The predicted octanol–water partition coefficient (Wildman–Crippen LogP) is 3.34. The maximum absolute atomic E-state index is 12.4. The van der Waals surface area contributed by atoms with Crippen LogP contribution in [0, 0.1) is 0 Å². The SMILES string of the molecule is CCCCN(C(=O)CCC1CCCCN1)C(C)CC. The highest BCUT2D eigenvalue weighted by atomic mass is 16.2. The maximum atomic E-state index is 12.4. The first-order chi connectivity index (χ1) is 9.19. The minimum absolute atomic E-state index is 0.357. The van der Waals surface area contributed by atoms with Gasteiger partial charge < -0.3 is 10.2 Å². The molecule has 0 saturated carbocycles. The van der Waals surface area contributed by atoms with E-state index in [2.05, 4.69) is 31.0 Å². The number of amides is 1. The molecule has 1 fully saturated rings. The Morgan fingerprint density at radius 2 is 2.16 bits per heavy atom. The van der Waals surface area contributed by atoms with Crippen molar-refractivity contribution in [3.05, 3.63) is 0 Å². The smallest absolute Gasteiger partial charge is 0.222 e. The van der Waals surface area contributed by atoms with E-state index in [1.807, 2.05) is 0 Å². The molecule has 1 rings (SSSR count). The first kappa shape index (κ1) is 16.5. The summed E-state index contributed by atoms with van der Waals surface area (Å²) < 4.78 is 0. The van der Waals surface area contributed by atoms with Crippen LogP contribution in [-0.4, -0.2) is 36.0 Å². The molecule has 1 aliphatic heterocycles. The summed E-state index contributed by atoms with van der Waals surface area (Å²) in [5, 5.41) is 3.53. The minimum atomic E-state index is 0.357. The van der Waals surface area contributed by atoms with Gasteiger partial charge in [-0.2, -0.15) is 0 Å². The van der Waals surface area contributed by atoms with E-state index in [4.69, 9.17) is 0 Å². The largest absolute Gasteiger partial charge is 0.340 e. The first-order valence-corrected chi connectivity index (χ1v) is 8.21. The lowest BCUT2D eigenvalue weighted by Gasteiger charge is -2.30. The van der Waals surface area contributed by atoms with Gasteiger partial charge in [-0.25, -0.2) is 0 Å². The van der Waals surface area contributed by atoms with Crippen LogP contribution in [-0.2, 0) is 4.79 Å². The second-order valence-corrected chi connectivity index (χ2v) is 5.88. The second kappa shape index (κ2) is 9.35. The average Bonchev–Trinajstić information content (AvgIpc) is 2.46. The number of nitrogens with zero attached hydrogens (tertiary/aromatic N) is 1. The summed E-state index contributed by atoms with van der Waals surface area (Å²) in [5.74, 6) is 0.357. The number of carbonyl (C=O) groups excluding carboxylic acids is 1. The van der Waals surface area contributed by atoms with Crippen molar-refractivity contribution in [3.8, 4) is 0 Å². The standard InChI is InChI=1S/C16H32N2O/c1-4-6-13-18(14(3)5-2)16(19)11-10-15-9-7-8-12-17-15/h14-15,17H,4-13H2,1-3H3. The Morgan fingerprint density at radius 3 is 2.74 bits per heavy atom. The van der Waals surface area contributed by atoms with E-state index in [0.29, 0.717) is 24.4 Å². The molecular formula is C16H32N2O. The van der Waals surface area contributed by atoms with E-state index in [0.717, 1.165) is 38.8 Å². The molecule has 2 unspecified atom stereocenters. The summed E-state index contributed by atoms with van der Waals surface area (Å²) in [7, 11) is 0. The quantitative estimate of drug-likeness (QED) is 0.732. The fraction of sp³-hybridized carbons (Fsp3) is 0.938. The van der Waals surface area contributed by atoms with Crippen molar-refractivity contribution in [2.45, 2.75) is 84.2 Å². The average molecular weight is 268 g/mol. The number of carbonyl (C=O) groups is 1. The first-order valence-electron chi connectivity index (χ1n) is 8.21. The third-order valence-corrected chi connectivity index (χ3v) is 4.31. The van der Waals surface area contributed by atoms with Gasteiger partial charge in [-0.05, 0) is 45.6 Å². The van der Waals surface area contributed by atoms with E-state index < -0.39 is 0 Å². The Bertz CT molecular complexity index is 249. The lowest BCUT2D eigenvalue weighted by Crippen LogP contribution is -2.40. The Hall–Kier alpha value is -0.570. The zero-order valence-electron chi connectivity index (χ0n) is 13.1. The van der Waals surface area contributed by atoms with Crippen LogP contribution in [0.4, 0.5) is 0 Å². The fourth-order valence-corrected chi connectivity index (χ4v) is 2.75. The molecule has 3 heteroatoms. The van der Waals surface area contributed by atoms with Gasteiger partial charge in [-0.1, -0.05) is 26.7 Å². The number of piperidine rings is 1. The number of hydrogen-bond acceptors (Lipinski definition) is 2. The molecule has 0 aromatic carbocycles. The van der Waals surface area contributed by atoms with Gasteiger partial charge in [0.05, 0.1) is 0 Å². The number of unbranched alkanes of at least 4 members (excludes halogenated alkanes) is 1. The molecule has 1 amide bonds. The predicted molar refractivity (Wildman–Crippen MR) is 81.2 cm³/mol. The molecule has 1 aliphatic rings. The van der Waals surface area contributed by atoms with Crippen molar-refractivity contribution in [1.82, 2.24) is 10.2 Å². The van der Waals surface area contributed by atoms with Crippen LogP contribution in [0.15, 0.2) is 0 Å². The number of rotatable bonds is 8. The third kappa shape index (κ3) is 5.94. The van der Waals surface area contributed by atoms with Crippen molar-refractivity contribution in [3.63, 3.8) is 0 Å². The molecule has 0 bridgehead atoms. The van der Waals surface area contributed by atoms with Gasteiger partial charge >= 0.3 is 0 Å². The molecular weight excluding hydrogens is 236 g/mol. The van der Waals surface area contributed by atoms with E-state index in [1.54, 1.807) is 0 Å². The topological polar surface area (TPSA) is 32.3 Å². The number of nitrogens with one attached hydrogen (secondary N) is 1. The highest BCUT2D eigenvalue weighted by Gasteiger charge is 2.20. The molecule has 1 saturated heterocycles. The summed E-state index contributed by atoms with van der Waals surface area (Å²) in [6.07, 6.45) is 8.91. The molecule has 2 atom stereocenters. The van der Waals surface area contributed by atoms with Crippen molar-refractivity contribution in [2.24, 2.45) is 0 Å². The zero-order valence-corrected chi connectivity index (χ0v) is 13.1. The molecule has 1 heterocycles. The van der Waals surface area contributed by atoms with Crippen LogP contribution >= 0.6 is 0 Å². The highest BCUT2D eigenvalue weighted by molar-refractivity contribution is 5.76. The van der Waals surface area contributed by atoms with Crippen LogP contribution in [0.3, 0.4) is 0 Å². The van der Waals surface area contributed by atoms with Gasteiger partial charge in [0, 0.05) is 25.0 Å². The summed E-state index contributed by atoms with van der Waals surface area (Å²) >= 11 is 0. The second-order valence-electron chi connectivity index (χ2n) is 5.88. The van der Waals surface area contributed by atoms with Crippen LogP contribution in [0.1, 0.15) is 72.1 Å². The Kier molecular flexibility index (Phi) is 8.11. The van der Waals surface area contributed by atoms with E-state index >= 15 is 0 Å². The minimum Gasteiger partial charge on any atom is -0.340 e. The van der Waals surface area contributed by atoms with E-state index in [1.165, 1.54) is 19.3 Å². The monoisotopic (exact) mass is 268 g/mol. The Labute approximate surface area is 119 Å². The lowest BCUT2D eigenvalue weighted by atomic mass is 10.00. The van der Waals surface area contributed by atoms with Gasteiger partial charge in [0.2, 0.25) is 5.91 Å². The van der Waals surface area contributed by atoms with Crippen molar-refractivity contribution in [1.29, 1.82) is 0 Å². The molecule has 3 nitrogen and oxygen atoms in total. The zero-order chi connectivity index (χ0) is 14.1. The van der Waals surface area contributed by atoms with E-state index in [9.17, 15) is 4.79 Å². The molecule has 0 aliphatic carbocycles. The van der Waals surface area contributed by atoms with E-state index in [-0.39, 0.29) is 0 Å². The van der Waals surface area contributed by atoms with Crippen LogP contribution in [0.5, 0.6) is 0 Å². The summed E-state index contributed by atoms with van der Waals surface area (Å²) in [6.45, 7) is 8.59. The van der Waals surface area contributed by atoms with Crippen LogP contribution in [0.2, 0.25) is 0 Å². The van der Waals surface area contributed by atoms with Gasteiger partial charge in [0.25, 0.3) is 0 Å². The normalized spacial score (nSPS) is 21.1. The number of hydrogen-bond donors (Lipinski definition) is 1. The van der Waals surface area contributed by atoms with Crippen LogP contribution < -0.4 is 5.32 Å². The highest BCUT2D eigenvalue weighted by Crippen LogP contribution is 2.14.